The van der Waals surface area contributed by atoms with Crippen LogP contribution in [0.25, 0.3) is 0 Å². The molecule has 1 aliphatic heterocycles. The third-order valence-electron chi connectivity index (χ3n) is 6.41. The molecular formula is C17H21NO4. The Morgan fingerprint density at radius 1 is 1.18 bits per heavy atom. The van der Waals surface area contributed by atoms with E-state index in [1.54, 1.807) is 0 Å². The molecule has 0 atom stereocenters. The fraction of sp³-hybridized carbons (Fsp3) is 0.706. The highest BCUT2D eigenvalue weighted by Gasteiger charge is 2.67. The van der Waals surface area contributed by atoms with E-state index in [9.17, 15) is 14.4 Å². The van der Waals surface area contributed by atoms with Crippen LogP contribution in [0.2, 0.25) is 0 Å². The van der Waals surface area contributed by atoms with Crippen LogP contribution in [0.1, 0.15) is 38.5 Å². The third-order valence-corrected chi connectivity index (χ3v) is 6.41. The number of nitrogens with zero attached hydrogens (tertiary/aromatic N) is 1. The van der Waals surface area contributed by atoms with E-state index in [0.29, 0.717) is 18.3 Å². The van der Waals surface area contributed by atoms with Crippen LogP contribution in [0.3, 0.4) is 0 Å². The molecular weight excluding hydrogens is 282 g/mol. The van der Waals surface area contributed by atoms with Crippen LogP contribution in [-0.4, -0.2) is 34.8 Å². The molecule has 118 valence electrons. The van der Waals surface area contributed by atoms with E-state index in [1.165, 1.54) is 11.3 Å². The Kier molecular flexibility index (Phi) is 2.97. The van der Waals surface area contributed by atoms with Gasteiger partial charge in [-0.1, -0.05) is 6.58 Å². The molecule has 0 aromatic rings. The fourth-order valence-electron chi connectivity index (χ4n) is 5.82. The third kappa shape index (κ3) is 1.74. The quantitative estimate of drug-likeness (QED) is 0.452. The van der Waals surface area contributed by atoms with Crippen molar-refractivity contribution in [1.82, 2.24) is 4.90 Å². The normalized spacial score (nSPS) is 41.5. The minimum Gasteiger partial charge on any atom is -0.452 e. The van der Waals surface area contributed by atoms with Gasteiger partial charge in [-0.2, -0.15) is 0 Å². The van der Waals surface area contributed by atoms with Crippen molar-refractivity contribution < 1.29 is 19.1 Å². The smallest absolute Gasteiger partial charge is 0.330 e. The number of rotatable bonds is 3. The van der Waals surface area contributed by atoms with Gasteiger partial charge in [0.15, 0.2) is 6.61 Å². The lowest BCUT2D eigenvalue weighted by molar-refractivity contribution is -0.205. The van der Waals surface area contributed by atoms with Crippen molar-refractivity contribution in [2.75, 3.05) is 6.61 Å². The molecule has 1 spiro atoms. The number of β-lactam (4-membered cyclic amide) rings is 1. The summed E-state index contributed by atoms with van der Waals surface area (Å²) >= 11 is 0. The van der Waals surface area contributed by atoms with Crippen LogP contribution in [-0.2, 0) is 19.1 Å². The van der Waals surface area contributed by atoms with Crippen molar-refractivity contribution >= 4 is 17.8 Å². The molecule has 4 saturated carbocycles. The van der Waals surface area contributed by atoms with E-state index in [1.807, 2.05) is 0 Å². The summed E-state index contributed by atoms with van der Waals surface area (Å²) in [6.45, 7) is 2.95. The highest BCUT2D eigenvalue weighted by atomic mass is 16.5. The summed E-state index contributed by atoms with van der Waals surface area (Å²) in [5.41, 5.74) is -0.262. The monoisotopic (exact) mass is 303 g/mol. The van der Waals surface area contributed by atoms with Crippen LogP contribution < -0.4 is 0 Å². The Bertz CT molecular complexity index is 539. The van der Waals surface area contributed by atoms with Gasteiger partial charge in [0.25, 0.3) is 5.91 Å². The summed E-state index contributed by atoms with van der Waals surface area (Å²) < 4.78 is 4.84. The Labute approximate surface area is 129 Å². The first kappa shape index (κ1) is 14.0. The van der Waals surface area contributed by atoms with E-state index in [-0.39, 0.29) is 24.0 Å². The molecule has 0 N–H and O–H groups in total. The minimum absolute atomic E-state index is 0.105. The van der Waals surface area contributed by atoms with Crippen molar-refractivity contribution in [1.29, 1.82) is 0 Å². The average Bonchev–Trinajstić information content (AvgIpc) is 2.47. The zero-order valence-electron chi connectivity index (χ0n) is 12.6. The molecule has 5 fully saturated rings. The van der Waals surface area contributed by atoms with E-state index >= 15 is 0 Å². The van der Waals surface area contributed by atoms with Gasteiger partial charge in [0.2, 0.25) is 5.91 Å². The van der Waals surface area contributed by atoms with Crippen molar-refractivity contribution in [2.45, 2.75) is 44.1 Å². The van der Waals surface area contributed by atoms with E-state index in [0.717, 1.165) is 43.6 Å². The lowest BCUT2D eigenvalue weighted by Gasteiger charge is -2.67. The number of imide groups is 1. The Morgan fingerprint density at radius 2 is 1.77 bits per heavy atom. The van der Waals surface area contributed by atoms with Crippen molar-refractivity contribution in [3.05, 3.63) is 12.7 Å². The van der Waals surface area contributed by atoms with Gasteiger partial charge in [0, 0.05) is 6.08 Å². The Balaban J connectivity index is 1.55. The number of carbonyl (C=O) groups is 3. The van der Waals surface area contributed by atoms with E-state index in [2.05, 4.69) is 6.58 Å². The second kappa shape index (κ2) is 4.67. The first-order valence-corrected chi connectivity index (χ1v) is 8.19. The molecule has 1 heterocycles. The van der Waals surface area contributed by atoms with Gasteiger partial charge < -0.3 is 4.74 Å². The van der Waals surface area contributed by atoms with Gasteiger partial charge in [-0.3, -0.25) is 14.5 Å². The molecule has 4 aliphatic carbocycles. The number of likely N-dealkylation sites (tertiary alicyclic amines) is 1. The van der Waals surface area contributed by atoms with Crippen molar-refractivity contribution in [2.24, 2.45) is 23.7 Å². The second-order valence-electron chi connectivity index (χ2n) is 7.41. The maximum Gasteiger partial charge on any atom is 0.330 e. The number of amides is 2. The molecule has 0 radical (unpaired) electrons. The van der Waals surface area contributed by atoms with Crippen LogP contribution >= 0.6 is 0 Å². The Hall–Kier alpha value is -1.65. The van der Waals surface area contributed by atoms with Crippen molar-refractivity contribution in [3.63, 3.8) is 0 Å². The van der Waals surface area contributed by atoms with Crippen LogP contribution in [0.4, 0.5) is 0 Å². The van der Waals surface area contributed by atoms with E-state index in [4.69, 9.17) is 4.74 Å². The molecule has 2 amide bonds. The topological polar surface area (TPSA) is 63.7 Å². The van der Waals surface area contributed by atoms with Gasteiger partial charge in [0.05, 0.1) is 12.0 Å². The standard InChI is InChI=1S/C17H21NO4/c1-2-16(21)22-9-15(20)18-14(19)8-17(18)12-4-10-3-11(6-12)7-13(17)5-10/h2,10-13H,1,3-9H2. The van der Waals surface area contributed by atoms with Gasteiger partial charge in [0.1, 0.15) is 0 Å². The molecule has 5 aliphatic rings. The second-order valence-corrected chi connectivity index (χ2v) is 7.41. The molecule has 5 heteroatoms. The number of esters is 1. The highest BCUT2D eigenvalue weighted by Crippen LogP contribution is 2.64. The molecule has 1 saturated heterocycles. The number of ether oxygens (including phenoxy) is 1. The lowest BCUT2D eigenvalue weighted by atomic mass is 9.45. The lowest BCUT2D eigenvalue weighted by Crippen LogP contribution is -2.76. The molecule has 5 nitrogen and oxygen atoms in total. The molecule has 4 bridgehead atoms. The zero-order chi connectivity index (χ0) is 15.5. The summed E-state index contributed by atoms with van der Waals surface area (Å²) in [5, 5.41) is 0. The van der Waals surface area contributed by atoms with Gasteiger partial charge in [-0.25, -0.2) is 4.79 Å². The molecule has 5 rings (SSSR count). The largest absolute Gasteiger partial charge is 0.452 e. The summed E-state index contributed by atoms with van der Waals surface area (Å²) in [6.07, 6.45) is 7.47. The van der Waals surface area contributed by atoms with Crippen LogP contribution in [0, 0.1) is 23.7 Å². The Morgan fingerprint density at radius 3 is 2.27 bits per heavy atom. The maximum atomic E-state index is 12.4. The molecule has 0 aromatic heterocycles. The zero-order valence-corrected chi connectivity index (χ0v) is 12.6. The summed E-state index contributed by atoms with van der Waals surface area (Å²) in [7, 11) is 0. The summed E-state index contributed by atoms with van der Waals surface area (Å²) in [6, 6.07) is 0. The molecule has 0 aromatic carbocycles. The predicted molar refractivity (Wildman–Crippen MR) is 77.4 cm³/mol. The highest BCUT2D eigenvalue weighted by molar-refractivity contribution is 6.03. The molecule has 0 unspecified atom stereocenters. The predicted octanol–water partition coefficient (Wildman–Crippen LogP) is 1.67. The fourth-order valence-corrected chi connectivity index (χ4v) is 5.82. The van der Waals surface area contributed by atoms with Gasteiger partial charge >= 0.3 is 5.97 Å². The number of hydrogen-bond donors (Lipinski definition) is 0. The van der Waals surface area contributed by atoms with Crippen LogP contribution in [0.15, 0.2) is 12.7 Å². The number of hydrogen-bond acceptors (Lipinski definition) is 4. The summed E-state index contributed by atoms with van der Waals surface area (Å²) in [4.78, 5) is 37.2. The van der Waals surface area contributed by atoms with Gasteiger partial charge in [-0.15, -0.1) is 0 Å². The first-order chi connectivity index (χ1) is 10.5. The average molecular weight is 303 g/mol. The van der Waals surface area contributed by atoms with E-state index < -0.39 is 5.97 Å². The number of carbonyl (C=O) groups excluding carboxylic acids is 3. The summed E-state index contributed by atoms with van der Waals surface area (Å²) in [5.74, 6) is 1.41. The maximum absolute atomic E-state index is 12.4. The van der Waals surface area contributed by atoms with Crippen molar-refractivity contribution in [3.8, 4) is 0 Å². The molecule has 22 heavy (non-hydrogen) atoms. The van der Waals surface area contributed by atoms with Crippen LogP contribution in [0.5, 0.6) is 0 Å². The SMILES string of the molecule is C=CC(=O)OCC(=O)N1C(=O)CC12C1CC3CC(C1)CC2C3. The minimum atomic E-state index is -0.625. The first-order valence-electron chi connectivity index (χ1n) is 8.19. The van der Waals surface area contributed by atoms with Gasteiger partial charge in [-0.05, 0) is 55.8 Å².